The Balaban J connectivity index is 2.04. The molecule has 104 valence electrons. The molecule has 5 nitrogen and oxygen atoms in total. The number of carbonyl (C=O) groups excluding carboxylic acids is 1. The van der Waals surface area contributed by atoms with Gasteiger partial charge in [0.25, 0.3) is 0 Å². The van der Waals surface area contributed by atoms with E-state index in [-0.39, 0.29) is 12.0 Å². The molecule has 6 heteroatoms. The molecule has 1 fully saturated rings. The van der Waals surface area contributed by atoms with Gasteiger partial charge in [-0.15, -0.1) is 0 Å². The Morgan fingerprint density at radius 1 is 1.53 bits per heavy atom. The highest BCUT2D eigenvalue weighted by molar-refractivity contribution is 6.30. The van der Waals surface area contributed by atoms with Gasteiger partial charge in [-0.2, -0.15) is 0 Å². The van der Waals surface area contributed by atoms with Gasteiger partial charge in [0.2, 0.25) is 0 Å². The van der Waals surface area contributed by atoms with Gasteiger partial charge in [-0.3, -0.25) is 0 Å². The first-order valence-electron chi connectivity index (χ1n) is 6.77. The number of aromatic nitrogens is 2. The number of carbonyl (C=O) groups is 1. The van der Waals surface area contributed by atoms with Crippen molar-refractivity contribution in [3.63, 3.8) is 0 Å². The molecule has 1 N–H and O–H groups in total. The molecule has 0 spiro atoms. The number of ether oxygens (including phenoxy) is 1. The van der Waals surface area contributed by atoms with E-state index >= 15 is 0 Å². The number of hydrogen-bond acceptors (Lipinski definition) is 4. The van der Waals surface area contributed by atoms with E-state index in [2.05, 4.69) is 10.3 Å². The zero-order valence-corrected chi connectivity index (χ0v) is 11.7. The fraction of sp³-hybridized carbons (Fsp3) is 0.692. The Kier molecular flexibility index (Phi) is 3.50. The molecule has 1 aromatic rings. The van der Waals surface area contributed by atoms with Crippen molar-refractivity contribution < 1.29 is 9.53 Å². The predicted octanol–water partition coefficient (Wildman–Crippen LogP) is 1.66. The lowest BCUT2D eigenvalue weighted by Crippen LogP contribution is -2.28. The molecule has 2 unspecified atom stereocenters. The van der Waals surface area contributed by atoms with Crippen molar-refractivity contribution >= 4 is 17.6 Å². The fourth-order valence-electron chi connectivity index (χ4n) is 3.14. The molecule has 1 saturated heterocycles. The monoisotopic (exact) mass is 283 g/mol. The number of imidazole rings is 1. The maximum atomic E-state index is 12.0. The van der Waals surface area contributed by atoms with Crippen LogP contribution in [0.25, 0.3) is 0 Å². The van der Waals surface area contributed by atoms with Gasteiger partial charge in [0, 0.05) is 12.5 Å². The molecule has 0 radical (unpaired) electrons. The van der Waals surface area contributed by atoms with Gasteiger partial charge in [0.1, 0.15) is 11.9 Å². The van der Waals surface area contributed by atoms with Gasteiger partial charge in [-0.1, -0.05) is 11.6 Å². The Bertz CT molecular complexity index is 494. The molecule has 0 saturated carbocycles. The van der Waals surface area contributed by atoms with Crippen LogP contribution >= 0.6 is 11.6 Å². The molecule has 0 bridgehead atoms. The van der Waals surface area contributed by atoms with E-state index in [1.807, 2.05) is 4.57 Å². The van der Waals surface area contributed by atoms with Gasteiger partial charge >= 0.3 is 5.97 Å². The highest BCUT2D eigenvalue weighted by atomic mass is 35.5. The average molecular weight is 284 g/mol. The minimum atomic E-state index is -0.260. The van der Waals surface area contributed by atoms with E-state index in [4.69, 9.17) is 16.3 Å². The topological polar surface area (TPSA) is 56.1 Å². The summed E-state index contributed by atoms with van der Waals surface area (Å²) in [6.07, 6.45) is 3.69. The molecule has 19 heavy (non-hydrogen) atoms. The number of nitrogens with zero attached hydrogens (tertiary/aromatic N) is 2. The van der Waals surface area contributed by atoms with Gasteiger partial charge in [-0.25, -0.2) is 9.78 Å². The van der Waals surface area contributed by atoms with E-state index in [9.17, 15) is 4.79 Å². The Hall–Kier alpha value is -1.07. The SMILES string of the molecule is COC(=O)C1CCCc2c(Cl)nc(C3CCNC3)n21. The van der Waals surface area contributed by atoms with Crippen LogP contribution in [0, 0.1) is 0 Å². The van der Waals surface area contributed by atoms with Crippen molar-refractivity contribution in [1.29, 1.82) is 0 Å². The van der Waals surface area contributed by atoms with Crippen LogP contribution in [-0.2, 0) is 16.0 Å². The quantitative estimate of drug-likeness (QED) is 0.839. The lowest BCUT2D eigenvalue weighted by atomic mass is 10.0. The van der Waals surface area contributed by atoms with E-state index in [1.165, 1.54) is 7.11 Å². The number of hydrogen-bond donors (Lipinski definition) is 1. The Labute approximate surface area is 117 Å². The molecule has 1 aromatic heterocycles. The van der Waals surface area contributed by atoms with Crippen LogP contribution < -0.4 is 5.32 Å². The zero-order valence-electron chi connectivity index (χ0n) is 11.0. The molecule has 0 aliphatic carbocycles. The summed E-state index contributed by atoms with van der Waals surface area (Å²) in [6.45, 7) is 1.90. The van der Waals surface area contributed by atoms with Crippen LogP contribution in [0.15, 0.2) is 0 Å². The van der Waals surface area contributed by atoms with Crippen molar-refractivity contribution in [2.45, 2.75) is 37.6 Å². The third kappa shape index (κ3) is 2.15. The van der Waals surface area contributed by atoms with E-state index < -0.39 is 0 Å². The molecular formula is C13H18ClN3O2. The van der Waals surface area contributed by atoms with Crippen LogP contribution in [0.3, 0.4) is 0 Å². The van der Waals surface area contributed by atoms with Gasteiger partial charge < -0.3 is 14.6 Å². The summed E-state index contributed by atoms with van der Waals surface area (Å²) >= 11 is 6.25. The first-order valence-corrected chi connectivity index (χ1v) is 7.15. The second-order valence-corrected chi connectivity index (χ2v) is 5.56. The smallest absolute Gasteiger partial charge is 0.328 e. The summed E-state index contributed by atoms with van der Waals surface area (Å²) in [6, 6.07) is -0.260. The average Bonchev–Trinajstić information content (AvgIpc) is 3.06. The summed E-state index contributed by atoms with van der Waals surface area (Å²) in [5, 5.41) is 3.88. The third-order valence-corrected chi connectivity index (χ3v) is 4.39. The molecular weight excluding hydrogens is 266 g/mol. The van der Waals surface area contributed by atoms with Gasteiger partial charge in [0.15, 0.2) is 5.15 Å². The minimum absolute atomic E-state index is 0.192. The van der Waals surface area contributed by atoms with E-state index in [0.29, 0.717) is 11.1 Å². The predicted molar refractivity (Wildman–Crippen MR) is 71.5 cm³/mol. The summed E-state index contributed by atoms with van der Waals surface area (Å²) in [5.41, 5.74) is 0.991. The van der Waals surface area contributed by atoms with Crippen molar-refractivity contribution in [3.8, 4) is 0 Å². The summed E-state index contributed by atoms with van der Waals surface area (Å²) < 4.78 is 6.96. The third-order valence-electron chi connectivity index (χ3n) is 4.09. The Morgan fingerprint density at radius 3 is 3.05 bits per heavy atom. The summed E-state index contributed by atoms with van der Waals surface area (Å²) in [7, 11) is 1.44. The number of methoxy groups -OCH3 is 1. The van der Waals surface area contributed by atoms with Crippen LogP contribution in [0.4, 0.5) is 0 Å². The highest BCUT2D eigenvalue weighted by Crippen LogP contribution is 2.35. The molecule has 0 amide bonds. The molecule has 2 atom stereocenters. The van der Waals surface area contributed by atoms with Crippen molar-refractivity contribution in [1.82, 2.24) is 14.9 Å². The highest BCUT2D eigenvalue weighted by Gasteiger charge is 2.34. The minimum Gasteiger partial charge on any atom is -0.467 e. The van der Waals surface area contributed by atoms with Crippen LogP contribution in [0.5, 0.6) is 0 Å². The summed E-state index contributed by atoms with van der Waals surface area (Å²) in [5.74, 6) is 1.10. The number of esters is 1. The molecule has 3 heterocycles. The van der Waals surface area contributed by atoms with Crippen molar-refractivity contribution in [2.75, 3.05) is 20.2 Å². The standard InChI is InChI=1S/C13H18ClN3O2/c1-19-13(18)10-4-2-3-9-11(14)16-12(17(9)10)8-5-6-15-7-8/h8,10,15H,2-7H2,1H3. The maximum Gasteiger partial charge on any atom is 0.328 e. The molecule has 2 aliphatic heterocycles. The second kappa shape index (κ2) is 5.13. The normalized spacial score (nSPS) is 26.2. The number of halogens is 1. The lowest BCUT2D eigenvalue weighted by Gasteiger charge is -2.26. The number of fused-ring (bicyclic) bond motifs is 1. The van der Waals surface area contributed by atoms with Crippen molar-refractivity contribution in [2.24, 2.45) is 0 Å². The first kappa shape index (κ1) is 12.9. The molecule has 3 rings (SSSR count). The Morgan fingerprint density at radius 2 is 2.37 bits per heavy atom. The largest absolute Gasteiger partial charge is 0.467 e. The lowest BCUT2D eigenvalue weighted by molar-refractivity contribution is -0.145. The van der Waals surface area contributed by atoms with Crippen LogP contribution in [0.2, 0.25) is 5.15 Å². The molecule has 2 aliphatic rings. The van der Waals surface area contributed by atoms with E-state index in [0.717, 1.165) is 50.3 Å². The fourth-order valence-corrected chi connectivity index (χ4v) is 3.41. The van der Waals surface area contributed by atoms with Gasteiger partial charge in [0.05, 0.1) is 12.8 Å². The maximum absolute atomic E-state index is 12.0. The van der Waals surface area contributed by atoms with E-state index in [1.54, 1.807) is 0 Å². The number of nitrogens with one attached hydrogen (secondary N) is 1. The van der Waals surface area contributed by atoms with Crippen LogP contribution in [-0.4, -0.2) is 35.7 Å². The van der Waals surface area contributed by atoms with Crippen molar-refractivity contribution in [3.05, 3.63) is 16.7 Å². The first-order chi connectivity index (χ1) is 9.22. The zero-order chi connectivity index (χ0) is 13.4. The van der Waals surface area contributed by atoms with Crippen LogP contribution in [0.1, 0.15) is 42.7 Å². The number of rotatable bonds is 2. The second-order valence-electron chi connectivity index (χ2n) is 5.20. The molecule has 0 aromatic carbocycles. The van der Waals surface area contributed by atoms with Gasteiger partial charge in [-0.05, 0) is 32.2 Å². The summed E-state index contributed by atoms with van der Waals surface area (Å²) in [4.78, 5) is 16.5.